The van der Waals surface area contributed by atoms with E-state index in [2.05, 4.69) is 0 Å². The summed E-state index contributed by atoms with van der Waals surface area (Å²) in [6.07, 6.45) is 7.11. The second kappa shape index (κ2) is 6.01. The van der Waals surface area contributed by atoms with Crippen molar-refractivity contribution in [2.45, 2.75) is 45.1 Å². The van der Waals surface area contributed by atoms with Crippen LogP contribution in [0.25, 0.3) is 0 Å². The molecular weight excluding hydrogens is 216 g/mol. The Bertz CT molecular complexity index is 336. The fourth-order valence-corrected chi connectivity index (χ4v) is 2.60. The van der Waals surface area contributed by atoms with Crippen LogP contribution < -0.4 is 0 Å². The van der Waals surface area contributed by atoms with E-state index < -0.39 is 0 Å². The lowest BCUT2D eigenvalue weighted by Gasteiger charge is -2.28. The van der Waals surface area contributed by atoms with E-state index in [-0.39, 0.29) is 11.9 Å². The van der Waals surface area contributed by atoms with Gasteiger partial charge in [0.2, 0.25) is 5.78 Å². The summed E-state index contributed by atoms with van der Waals surface area (Å²) in [6.45, 7) is 2.51. The molecule has 3 heteroatoms. The Kier molecular flexibility index (Phi) is 4.37. The number of Topliss-reactive ketones (excluding diaryl/α,β-unsaturated/α-hetero) is 1. The first kappa shape index (κ1) is 12.4. The van der Waals surface area contributed by atoms with Crippen LogP contribution in [0.15, 0.2) is 22.8 Å². The summed E-state index contributed by atoms with van der Waals surface area (Å²) in [5.41, 5.74) is 0. The number of hydrogen-bond acceptors (Lipinski definition) is 3. The second-order valence-corrected chi connectivity index (χ2v) is 4.62. The highest BCUT2D eigenvalue weighted by atomic mass is 16.5. The summed E-state index contributed by atoms with van der Waals surface area (Å²) in [5, 5.41) is 0. The van der Waals surface area contributed by atoms with Crippen LogP contribution in [0.4, 0.5) is 0 Å². The van der Waals surface area contributed by atoms with Crippen molar-refractivity contribution in [3.8, 4) is 0 Å². The highest BCUT2D eigenvalue weighted by molar-refractivity contribution is 5.97. The van der Waals surface area contributed by atoms with Crippen LogP contribution in [-0.2, 0) is 4.74 Å². The van der Waals surface area contributed by atoms with Crippen LogP contribution >= 0.6 is 0 Å². The molecule has 0 saturated heterocycles. The fraction of sp³-hybridized carbons (Fsp3) is 0.643. The molecule has 1 saturated carbocycles. The Morgan fingerprint density at radius 3 is 2.82 bits per heavy atom. The van der Waals surface area contributed by atoms with E-state index in [4.69, 9.17) is 9.15 Å². The van der Waals surface area contributed by atoms with Crippen molar-refractivity contribution in [2.24, 2.45) is 5.92 Å². The minimum Gasteiger partial charge on any atom is -0.461 e. The normalized spacial score (nSPS) is 19.1. The third-order valence-corrected chi connectivity index (χ3v) is 3.45. The zero-order valence-electron chi connectivity index (χ0n) is 10.4. The fourth-order valence-electron chi connectivity index (χ4n) is 2.60. The lowest BCUT2D eigenvalue weighted by molar-refractivity contribution is 0.0108. The molecular formula is C14H20O3. The maximum Gasteiger partial charge on any atom is 0.226 e. The SMILES string of the molecule is CCOC(C(=O)c1ccco1)C1CCCCC1. The molecule has 1 atom stereocenters. The van der Waals surface area contributed by atoms with Crippen LogP contribution in [0.3, 0.4) is 0 Å². The molecule has 1 unspecified atom stereocenters. The molecule has 1 aliphatic rings. The van der Waals surface area contributed by atoms with Crippen LogP contribution in [-0.4, -0.2) is 18.5 Å². The molecule has 0 radical (unpaired) electrons. The molecule has 0 amide bonds. The van der Waals surface area contributed by atoms with Gasteiger partial charge < -0.3 is 9.15 Å². The summed E-state index contributed by atoms with van der Waals surface area (Å²) in [6, 6.07) is 3.47. The largest absolute Gasteiger partial charge is 0.461 e. The summed E-state index contributed by atoms with van der Waals surface area (Å²) in [7, 11) is 0. The third kappa shape index (κ3) is 2.97. The molecule has 1 aliphatic carbocycles. The number of furan rings is 1. The lowest BCUT2D eigenvalue weighted by Crippen LogP contribution is -2.34. The summed E-state index contributed by atoms with van der Waals surface area (Å²) in [5.74, 6) is 0.791. The second-order valence-electron chi connectivity index (χ2n) is 4.62. The van der Waals surface area contributed by atoms with Gasteiger partial charge in [0.25, 0.3) is 0 Å². The van der Waals surface area contributed by atoms with Crippen molar-refractivity contribution in [2.75, 3.05) is 6.61 Å². The smallest absolute Gasteiger partial charge is 0.226 e. The Labute approximate surface area is 102 Å². The first-order valence-corrected chi connectivity index (χ1v) is 6.52. The average molecular weight is 236 g/mol. The number of rotatable bonds is 5. The molecule has 2 rings (SSSR count). The van der Waals surface area contributed by atoms with Gasteiger partial charge in [0, 0.05) is 6.61 Å². The standard InChI is InChI=1S/C14H20O3/c1-2-16-14(11-7-4-3-5-8-11)13(15)12-9-6-10-17-12/h6,9-11,14H,2-5,7-8H2,1H3. The average Bonchev–Trinajstić information content (AvgIpc) is 2.90. The van der Waals surface area contributed by atoms with Crippen molar-refractivity contribution in [1.29, 1.82) is 0 Å². The summed E-state index contributed by atoms with van der Waals surface area (Å²) < 4.78 is 10.8. The Morgan fingerprint density at radius 2 is 2.24 bits per heavy atom. The van der Waals surface area contributed by atoms with Gasteiger partial charge in [-0.05, 0) is 37.8 Å². The van der Waals surface area contributed by atoms with Gasteiger partial charge in [0.05, 0.1) is 6.26 Å². The lowest BCUT2D eigenvalue weighted by atomic mass is 9.83. The van der Waals surface area contributed by atoms with Gasteiger partial charge in [-0.2, -0.15) is 0 Å². The van der Waals surface area contributed by atoms with Gasteiger partial charge >= 0.3 is 0 Å². The van der Waals surface area contributed by atoms with E-state index in [1.807, 2.05) is 6.92 Å². The Morgan fingerprint density at radius 1 is 1.47 bits per heavy atom. The minimum absolute atomic E-state index is 0.00347. The molecule has 17 heavy (non-hydrogen) atoms. The summed E-state index contributed by atoms with van der Waals surface area (Å²) in [4.78, 5) is 12.3. The zero-order chi connectivity index (χ0) is 12.1. The van der Waals surface area contributed by atoms with Crippen molar-refractivity contribution in [3.05, 3.63) is 24.2 Å². The maximum atomic E-state index is 12.3. The van der Waals surface area contributed by atoms with E-state index in [9.17, 15) is 4.79 Å². The number of carbonyl (C=O) groups excluding carboxylic acids is 1. The number of carbonyl (C=O) groups is 1. The van der Waals surface area contributed by atoms with Crippen LogP contribution in [0.1, 0.15) is 49.6 Å². The van der Waals surface area contributed by atoms with Crippen molar-refractivity contribution >= 4 is 5.78 Å². The predicted molar refractivity (Wildman–Crippen MR) is 65.0 cm³/mol. The zero-order valence-corrected chi connectivity index (χ0v) is 10.4. The molecule has 0 aliphatic heterocycles. The Balaban J connectivity index is 2.07. The highest BCUT2D eigenvalue weighted by Crippen LogP contribution is 2.29. The van der Waals surface area contributed by atoms with Crippen molar-refractivity contribution in [3.63, 3.8) is 0 Å². The van der Waals surface area contributed by atoms with E-state index in [1.54, 1.807) is 12.1 Å². The van der Waals surface area contributed by atoms with Crippen LogP contribution in [0, 0.1) is 5.92 Å². The first-order valence-electron chi connectivity index (χ1n) is 6.52. The first-order chi connectivity index (χ1) is 8.33. The predicted octanol–water partition coefficient (Wildman–Crippen LogP) is 3.45. The minimum atomic E-state index is -0.313. The maximum absolute atomic E-state index is 12.3. The molecule has 94 valence electrons. The molecule has 1 aromatic heterocycles. The van der Waals surface area contributed by atoms with Crippen molar-refractivity contribution < 1.29 is 13.9 Å². The molecule has 0 aromatic carbocycles. The molecule has 1 heterocycles. The topological polar surface area (TPSA) is 39.4 Å². The number of ketones is 1. The number of ether oxygens (including phenoxy) is 1. The van der Waals surface area contributed by atoms with E-state index in [0.717, 1.165) is 12.8 Å². The molecule has 1 aromatic rings. The van der Waals surface area contributed by atoms with Gasteiger partial charge in [0.15, 0.2) is 5.76 Å². The monoisotopic (exact) mass is 236 g/mol. The molecule has 0 spiro atoms. The molecule has 1 fully saturated rings. The van der Waals surface area contributed by atoms with Crippen LogP contribution in [0.2, 0.25) is 0 Å². The van der Waals surface area contributed by atoms with Gasteiger partial charge in [-0.3, -0.25) is 4.79 Å². The van der Waals surface area contributed by atoms with Crippen LogP contribution in [0.5, 0.6) is 0 Å². The van der Waals surface area contributed by atoms with Gasteiger partial charge in [-0.25, -0.2) is 0 Å². The van der Waals surface area contributed by atoms with E-state index in [1.165, 1.54) is 25.5 Å². The summed E-state index contributed by atoms with van der Waals surface area (Å²) >= 11 is 0. The van der Waals surface area contributed by atoms with Crippen molar-refractivity contribution in [1.82, 2.24) is 0 Å². The quantitative estimate of drug-likeness (QED) is 0.735. The molecule has 0 N–H and O–H groups in total. The Hall–Kier alpha value is -1.09. The van der Waals surface area contributed by atoms with Gasteiger partial charge in [0.1, 0.15) is 6.10 Å². The third-order valence-electron chi connectivity index (χ3n) is 3.45. The number of hydrogen-bond donors (Lipinski definition) is 0. The molecule has 0 bridgehead atoms. The molecule has 3 nitrogen and oxygen atoms in total. The highest BCUT2D eigenvalue weighted by Gasteiger charge is 2.31. The van der Waals surface area contributed by atoms with E-state index in [0.29, 0.717) is 18.3 Å². The van der Waals surface area contributed by atoms with Gasteiger partial charge in [-0.15, -0.1) is 0 Å². The van der Waals surface area contributed by atoms with Gasteiger partial charge in [-0.1, -0.05) is 19.3 Å². The van der Waals surface area contributed by atoms with E-state index >= 15 is 0 Å².